The van der Waals surface area contributed by atoms with Crippen molar-refractivity contribution in [1.82, 2.24) is 9.80 Å². The number of amides is 2. The summed E-state index contributed by atoms with van der Waals surface area (Å²) < 4.78 is 0. The van der Waals surface area contributed by atoms with Gasteiger partial charge in [-0.15, -0.1) is 0 Å². The van der Waals surface area contributed by atoms with Crippen LogP contribution in [-0.2, 0) is 16.1 Å². The Bertz CT molecular complexity index is 829. The van der Waals surface area contributed by atoms with E-state index in [4.69, 9.17) is 0 Å². The van der Waals surface area contributed by atoms with Crippen LogP contribution in [-0.4, -0.2) is 40.2 Å². The summed E-state index contributed by atoms with van der Waals surface area (Å²) in [7, 11) is 0. The Balaban J connectivity index is 1.74. The summed E-state index contributed by atoms with van der Waals surface area (Å²) in [5, 5.41) is 2.34. The number of hydrogen-bond donors (Lipinski definition) is 0. The predicted molar refractivity (Wildman–Crippen MR) is 93.4 cm³/mol. The predicted octanol–water partition coefficient (Wildman–Crippen LogP) is 2.87. The molecule has 0 spiro atoms. The Morgan fingerprint density at radius 3 is 2.71 bits per heavy atom. The van der Waals surface area contributed by atoms with Crippen molar-refractivity contribution < 1.29 is 9.59 Å². The highest BCUT2D eigenvalue weighted by atomic mass is 16.2. The lowest BCUT2D eigenvalue weighted by molar-refractivity contribution is -0.159. The molecular weight excluding hydrogens is 300 g/mol. The van der Waals surface area contributed by atoms with Crippen LogP contribution in [0.1, 0.15) is 30.9 Å². The number of fused-ring (bicyclic) bond motifs is 2. The second-order valence-electron chi connectivity index (χ2n) is 6.91. The standard InChI is InChI=1S/C20H22N2O2/c1-13-9-10-15-6-3-4-7-16(15)17(13)12-22-14(2)19(23)21-11-5-8-18(21)20(22)24/h3-4,6-7,9-10,14,18H,5,8,11-12H2,1-2H3/t14-,18-/m0/s1. The minimum absolute atomic E-state index is 0.0926. The van der Waals surface area contributed by atoms with Crippen molar-refractivity contribution in [3.8, 4) is 0 Å². The van der Waals surface area contributed by atoms with Crippen molar-refractivity contribution in [3.63, 3.8) is 0 Å². The molecule has 2 amide bonds. The molecule has 2 saturated heterocycles. The molecule has 0 unspecified atom stereocenters. The first-order valence-electron chi connectivity index (χ1n) is 8.66. The first-order valence-corrected chi connectivity index (χ1v) is 8.66. The van der Waals surface area contributed by atoms with Gasteiger partial charge in [0.15, 0.2) is 0 Å². The van der Waals surface area contributed by atoms with Gasteiger partial charge in [0.25, 0.3) is 0 Å². The Kier molecular flexibility index (Phi) is 3.56. The fourth-order valence-corrected chi connectivity index (χ4v) is 4.08. The van der Waals surface area contributed by atoms with Crippen molar-refractivity contribution >= 4 is 22.6 Å². The zero-order valence-corrected chi connectivity index (χ0v) is 14.2. The van der Waals surface area contributed by atoms with Crippen LogP contribution in [0.25, 0.3) is 10.8 Å². The van der Waals surface area contributed by atoms with Crippen LogP contribution < -0.4 is 0 Å². The summed E-state index contributed by atoms with van der Waals surface area (Å²) in [6.07, 6.45) is 1.72. The zero-order valence-electron chi connectivity index (χ0n) is 14.2. The van der Waals surface area contributed by atoms with E-state index in [0.717, 1.165) is 30.5 Å². The Labute approximate surface area is 142 Å². The molecule has 0 aliphatic carbocycles. The minimum Gasteiger partial charge on any atom is -0.329 e. The second kappa shape index (κ2) is 5.62. The summed E-state index contributed by atoms with van der Waals surface area (Å²) in [4.78, 5) is 29.1. The maximum atomic E-state index is 12.9. The molecule has 0 bridgehead atoms. The molecule has 0 saturated carbocycles. The lowest BCUT2D eigenvalue weighted by Crippen LogP contribution is -2.61. The number of benzene rings is 2. The number of rotatable bonds is 2. The fraction of sp³-hybridized carbons (Fsp3) is 0.400. The van der Waals surface area contributed by atoms with Crippen LogP contribution in [0.4, 0.5) is 0 Å². The molecule has 2 aliphatic heterocycles. The highest BCUT2D eigenvalue weighted by molar-refractivity contribution is 5.97. The van der Waals surface area contributed by atoms with Gasteiger partial charge in [0.05, 0.1) is 0 Å². The normalized spacial score (nSPS) is 23.9. The van der Waals surface area contributed by atoms with E-state index in [9.17, 15) is 9.59 Å². The number of carbonyl (C=O) groups is 2. The summed E-state index contributed by atoms with van der Waals surface area (Å²) in [5.74, 6) is 0.196. The fourth-order valence-electron chi connectivity index (χ4n) is 4.08. The second-order valence-corrected chi connectivity index (χ2v) is 6.91. The molecule has 2 aliphatic rings. The van der Waals surface area contributed by atoms with Gasteiger partial charge >= 0.3 is 0 Å². The molecule has 2 atom stereocenters. The van der Waals surface area contributed by atoms with E-state index in [2.05, 4.69) is 31.2 Å². The maximum absolute atomic E-state index is 12.9. The van der Waals surface area contributed by atoms with Gasteiger partial charge in [-0.3, -0.25) is 9.59 Å². The summed E-state index contributed by atoms with van der Waals surface area (Å²) in [6, 6.07) is 11.8. The number of hydrogen-bond acceptors (Lipinski definition) is 2. The Morgan fingerprint density at radius 2 is 1.88 bits per heavy atom. The number of aryl methyl sites for hydroxylation is 1. The van der Waals surface area contributed by atoms with Crippen LogP contribution in [0.2, 0.25) is 0 Å². The summed E-state index contributed by atoms with van der Waals surface area (Å²) >= 11 is 0. The molecule has 0 radical (unpaired) electrons. The van der Waals surface area contributed by atoms with Gasteiger partial charge in [0, 0.05) is 13.1 Å². The third kappa shape index (κ3) is 2.20. The van der Waals surface area contributed by atoms with Crippen LogP contribution in [0.15, 0.2) is 36.4 Å². The van der Waals surface area contributed by atoms with Crippen molar-refractivity contribution in [3.05, 3.63) is 47.5 Å². The van der Waals surface area contributed by atoms with Gasteiger partial charge in [0.1, 0.15) is 12.1 Å². The van der Waals surface area contributed by atoms with Gasteiger partial charge < -0.3 is 9.80 Å². The smallest absolute Gasteiger partial charge is 0.246 e. The van der Waals surface area contributed by atoms with Gasteiger partial charge in [0.2, 0.25) is 11.8 Å². The van der Waals surface area contributed by atoms with Gasteiger partial charge in [-0.1, -0.05) is 36.4 Å². The van der Waals surface area contributed by atoms with Gasteiger partial charge in [-0.2, -0.15) is 0 Å². The average Bonchev–Trinajstić information content (AvgIpc) is 3.08. The number of nitrogens with zero attached hydrogens (tertiary/aromatic N) is 2. The van der Waals surface area contributed by atoms with Crippen molar-refractivity contribution in [2.45, 2.75) is 45.3 Å². The van der Waals surface area contributed by atoms with E-state index in [1.807, 2.05) is 19.1 Å². The van der Waals surface area contributed by atoms with E-state index in [1.54, 1.807) is 9.80 Å². The van der Waals surface area contributed by atoms with Crippen molar-refractivity contribution in [2.24, 2.45) is 0 Å². The van der Waals surface area contributed by atoms with E-state index in [-0.39, 0.29) is 23.9 Å². The monoisotopic (exact) mass is 322 g/mol. The molecule has 0 aromatic heterocycles. The molecule has 2 heterocycles. The number of piperazine rings is 1. The third-order valence-corrected chi connectivity index (χ3v) is 5.53. The molecule has 2 fully saturated rings. The Morgan fingerprint density at radius 1 is 1.08 bits per heavy atom. The van der Waals surface area contributed by atoms with Crippen LogP contribution in [0.3, 0.4) is 0 Å². The summed E-state index contributed by atoms with van der Waals surface area (Å²) in [6.45, 7) is 5.16. The SMILES string of the molecule is Cc1ccc2ccccc2c1CN1C(=O)[C@@H]2CCCN2C(=O)[C@@H]1C. The molecule has 4 heteroatoms. The van der Waals surface area contributed by atoms with Crippen molar-refractivity contribution in [2.75, 3.05) is 6.54 Å². The molecule has 2 aromatic carbocycles. The summed E-state index contributed by atoms with van der Waals surface area (Å²) in [5.41, 5.74) is 2.31. The topological polar surface area (TPSA) is 40.6 Å². The number of carbonyl (C=O) groups excluding carboxylic acids is 2. The molecule has 2 aromatic rings. The molecular formula is C20H22N2O2. The third-order valence-electron chi connectivity index (χ3n) is 5.53. The van der Waals surface area contributed by atoms with E-state index < -0.39 is 0 Å². The highest BCUT2D eigenvalue weighted by Gasteiger charge is 2.45. The zero-order chi connectivity index (χ0) is 16.8. The molecule has 4 rings (SSSR count). The van der Waals surface area contributed by atoms with Crippen LogP contribution >= 0.6 is 0 Å². The largest absolute Gasteiger partial charge is 0.329 e. The molecule has 4 nitrogen and oxygen atoms in total. The van der Waals surface area contributed by atoms with E-state index in [0.29, 0.717) is 6.54 Å². The minimum atomic E-state index is -0.384. The highest BCUT2D eigenvalue weighted by Crippen LogP contribution is 2.30. The Hall–Kier alpha value is -2.36. The first kappa shape index (κ1) is 15.2. The van der Waals surface area contributed by atoms with Gasteiger partial charge in [-0.25, -0.2) is 0 Å². The van der Waals surface area contributed by atoms with Crippen LogP contribution in [0.5, 0.6) is 0 Å². The molecule has 24 heavy (non-hydrogen) atoms. The quantitative estimate of drug-likeness (QED) is 0.853. The average molecular weight is 322 g/mol. The van der Waals surface area contributed by atoms with Gasteiger partial charge in [-0.05, 0) is 48.6 Å². The van der Waals surface area contributed by atoms with Crippen molar-refractivity contribution in [1.29, 1.82) is 0 Å². The molecule has 124 valence electrons. The first-order chi connectivity index (χ1) is 11.6. The lowest BCUT2D eigenvalue weighted by atomic mass is 9.97. The van der Waals surface area contributed by atoms with Crippen LogP contribution in [0, 0.1) is 6.92 Å². The lowest BCUT2D eigenvalue weighted by Gasteiger charge is -2.41. The van der Waals surface area contributed by atoms with E-state index in [1.165, 1.54) is 10.8 Å². The maximum Gasteiger partial charge on any atom is 0.246 e. The van der Waals surface area contributed by atoms with E-state index >= 15 is 0 Å². The molecule has 0 N–H and O–H groups in total.